The standard InChI is InChI=1S/C15H21N2.BrH/c1-2-6-15-13-17(10-7-14(15)5-1)12-11-16-8-3-4-9-16;/h1-2,5-6,13H,3-4,7-12H2;1H/q+1;/p-1. The lowest BCUT2D eigenvalue weighted by atomic mass is 10.0. The lowest BCUT2D eigenvalue weighted by Gasteiger charge is -2.16. The van der Waals surface area contributed by atoms with E-state index in [-0.39, 0.29) is 17.0 Å². The molecule has 1 fully saturated rings. The van der Waals surface area contributed by atoms with E-state index < -0.39 is 0 Å². The predicted molar refractivity (Wildman–Crippen MR) is 71.0 cm³/mol. The van der Waals surface area contributed by atoms with Gasteiger partial charge in [0.25, 0.3) is 0 Å². The predicted octanol–water partition coefficient (Wildman–Crippen LogP) is -1.23. The summed E-state index contributed by atoms with van der Waals surface area (Å²) in [7, 11) is 0. The zero-order chi connectivity index (χ0) is 11.5. The number of likely N-dealkylation sites (tertiary alicyclic amines) is 1. The molecule has 2 aliphatic heterocycles. The molecule has 3 rings (SSSR count). The average Bonchev–Trinajstić information content (AvgIpc) is 2.89. The molecule has 0 unspecified atom stereocenters. The van der Waals surface area contributed by atoms with Crippen LogP contribution < -0.4 is 17.0 Å². The highest BCUT2D eigenvalue weighted by Crippen LogP contribution is 2.11. The first-order valence-electron chi connectivity index (χ1n) is 6.81. The maximum absolute atomic E-state index is 2.59. The Labute approximate surface area is 120 Å². The molecule has 1 aromatic rings. The summed E-state index contributed by atoms with van der Waals surface area (Å²) in [4.78, 5) is 2.59. The van der Waals surface area contributed by atoms with Gasteiger partial charge in [-0.25, -0.2) is 4.58 Å². The Kier molecular flexibility index (Phi) is 4.95. The first-order chi connectivity index (χ1) is 8.42. The SMILES string of the molecule is C1=[N+](CCN2CCCC2)CCc2ccccc21.[Br-]. The zero-order valence-corrected chi connectivity index (χ0v) is 12.4. The van der Waals surface area contributed by atoms with Gasteiger partial charge in [-0.15, -0.1) is 0 Å². The van der Waals surface area contributed by atoms with E-state index in [0.29, 0.717) is 0 Å². The fourth-order valence-corrected chi connectivity index (χ4v) is 2.87. The molecule has 98 valence electrons. The molecule has 0 radical (unpaired) electrons. The van der Waals surface area contributed by atoms with Crippen molar-refractivity contribution in [3.05, 3.63) is 35.4 Å². The van der Waals surface area contributed by atoms with Crippen LogP contribution in [-0.4, -0.2) is 48.4 Å². The molecule has 18 heavy (non-hydrogen) atoms. The second kappa shape index (κ2) is 6.48. The monoisotopic (exact) mass is 308 g/mol. The number of hydrogen-bond donors (Lipinski definition) is 0. The third kappa shape index (κ3) is 3.21. The highest BCUT2D eigenvalue weighted by molar-refractivity contribution is 5.78. The minimum Gasteiger partial charge on any atom is -1.00 e. The van der Waals surface area contributed by atoms with Crippen molar-refractivity contribution in [1.29, 1.82) is 0 Å². The molecule has 0 aliphatic carbocycles. The van der Waals surface area contributed by atoms with Crippen molar-refractivity contribution < 1.29 is 21.6 Å². The van der Waals surface area contributed by atoms with Crippen molar-refractivity contribution in [3.8, 4) is 0 Å². The Balaban J connectivity index is 0.00000120. The molecule has 3 heteroatoms. The second-order valence-corrected chi connectivity index (χ2v) is 5.16. The number of nitrogens with zero attached hydrogens (tertiary/aromatic N) is 2. The third-order valence-electron chi connectivity index (χ3n) is 3.95. The lowest BCUT2D eigenvalue weighted by Crippen LogP contribution is -3.00. The van der Waals surface area contributed by atoms with E-state index in [9.17, 15) is 0 Å². The molecule has 0 amide bonds. The van der Waals surface area contributed by atoms with Crippen molar-refractivity contribution in [2.75, 3.05) is 32.7 Å². The van der Waals surface area contributed by atoms with Crippen molar-refractivity contribution in [2.45, 2.75) is 19.3 Å². The largest absolute Gasteiger partial charge is 1.00 e. The van der Waals surface area contributed by atoms with Crippen molar-refractivity contribution in [3.63, 3.8) is 0 Å². The van der Waals surface area contributed by atoms with Gasteiger partial charge in [-0.1, -0.05) is 18.2 Å². The van der Waals surface area contributed by atoms with Gasteiger partial charge in [0.05, 0.1) is 6.54 Å². The maximum atomic E-state index is 2.59. The van der Waals surface area contributed by atoms with Gasteiger partial charge >= 0.3 is 0 Å². The number of rotatable bonds is 3. The van der Waals surface area contributed by atoms with E-state index in [1.165, 1.54) is 63.1 Å². The summed E-state index contributed by atoms with van der Waals surface area (Å²) in [5.41, 5.74) is 2.92. The summed E-state index contributed by atoms with van der Waals surface area (Å²) in [6.45, 7) is 6.23. The van der Waals surface area contributed by atoms with Gasteiger partial charge < -0.3 is 17.0 Å². The zero-order valence-electron chi connectivity index (χ0n) is 10.8. The Hall–Kier alpha value is -0.670. The molecule has 2 aliphatic rings. The minimum atomic E-state index is 0. The van der Waals surface area contributed by atoms with Crippen LogP contribution in [0.15, 0.2) is 24.3 Å². The van der Waals surface area contributed by atoms with Crippen LogP contribution in [0, 0.1) is 0 Å². The van der Waals surface area contributed by atoms with E-state index in [1.54, 1.807) is 0 Å². The fourth-order valence-electron chi connectivity index (χ4n) is 2.87. The van der Waals surface area contributed by atoms with Crippen LogP contribution in [0.25, 0.3) is 0 Å². The topological polar surface area (TPSA) is 6.25 Å². The number of benzene rings is 1. The summed E-state index contributed by atoms with van der Waals surface area (Å²) in [6.07, 6.45) is 6.33. The molecule has 2 heterocycles. The fraction of sp³-hybridized carbons (Fsp3) is 0.533. The molecule has 0 N–H and O–H groups in total. The van der Waals surface area contributed by atoms with Crippen molar-refractivity contribution in [2.24, 2.45) is 0 Å². The highest BCUT2D eigenvalue weighted by atomic mass is 79.9. The van der Waals surface area contributed by atoms with Crippen LogP contribution in [0.3, 0.4) is 0 Å². The lowest BCUT2D eigenvalue weighted by molar-refractivity contribution is -0.524. The van der Waals surface area contributed by atoms with Crippen LogP contribution in [0.1, 0.15) is 24.0 Å². The summed E-state index contributed by atoms with van der Waals surface area (Å²) in [6, 6.07) is 8.77. The van der Waals surface area contributed by atoms with Gasteiger partial charge in [-0.2, -0.15) is 0 Å². The molecular weight excluding hydrogens is 288 g/mol. The molecule has 0 spiro atoms. The smallest absolute Gasteiger partial charge is 0.171 e. The van der Waals surface area contributed by atoms with E-state index in [2.05, 4.69) is 40.0 Å². The Morgan fingerprint density at radius 2 is 1.89 bits per heavy atom. The Morgan fingerprint density at radius 1 is 1.11 bits per heavy atom. The summed E-state index contributed by atoms with van der Waals surface area (Å²) >= 11 is 0. The maximum Gasteiger partial charge on any atom is 0.171 e. The quantitative estimate of drug-likeness (QED) is 0.634. The Morgan fingerprint density at radius 3 is 2.72 bits per heavy atom. The van der Waals surface area contributed by atoms with Crippen molar-refractivity contribution in [1.82, 2.24) is 4.90 Å². The molecular formula is C15H21BrN2. The minimum absolute atomic E-state index is 0. The molecule has 0 aromatic heterocycles. The highest BCUT2D eigenvalue weighted by Gasteiger charge is 2.17. The summed E-state index contributed by atoms with van der Waals surface area (Å²) < 4.78 is 2.49. The third-order valence-corrected chi connectivity index (χ3v) is 3.95. The molecule has 2 nitrogen and oxygen atoms in total. The molecule has 0 bridgehead atoms. The number of halogens is 1. The molecule has 1 aromatic carbocycles. The van der Waals surface area contributed by atoms with E-state index in [4.69, 9.17) is 0 Å². The summed E-state index contributed by atoms with van der Waals surface area (Å²) in [5, 5.41) is 0. The normalized spacial score (nSPS) is 19.0. The van der Waals surface area contributed by atoms with Gasteiger partial charge in [0.2, 0.25) is 0 Å². The number of hydrogen-bond acceptors (Lipinski definition) is 1. The van der Waals surface area contributed by atoms with Crippen LogP contribution in [0.4, 0.5) is 0 Å². The van der Waals surface area contributed by atoms with E-state index >= 15 is 0 Å². The Bertz CT molecular complexity index is 422. The number of fused-ring (bicyclic) bond motifs is 1. The van der Waals surface area contributed by atoms with Gasteiger partial charge in [0, 0.05) is 12.0 Å². The first-order valence-corrected chi connectivity index (χ1v) is 6.81. The van der Waals surface area contributed by atoms with Gasteiger partial charge in [0.15, 0.2) is 12.8 Å². The van der Waals surface area contributed by atoms with Gasteiger partial charge in [-0.05, 0) is 37.6 Å². The molecule has 1 saturated heterocycles. The van der Waals surface area contributed by atoms with Crippen LogP contribution in [0.5, 0.6) is 0 Å². The van der Waals surface area contributed by atoms with Gasteiger partial charge in [-0.3, -0.25) is 4.90 Å². The molecule has 0 atom stereocenters. The average molecular weight is 309 g/mol. The van der Waals surface area contributed by atoms with Crippen molar-refractivity contribution >= 4 is 6.21 Å². The first kappa shape index (κ1) is 13.8. The molecule has 0 saturated carbocycles. The van der Waals surface area contributed by atoms with Crippen LogP contribution >= 0.6 is 0 Å². The van der Waals surface area contributed by atoms with Crippen LogP contribution in [0.2, 0.25) is 0 Å². The summed E-state index contributed by atoms with van der Waals surface area (Å²) in [5.74, 6) is 0. The van der Waals surface area contributed by atoms with Gasteiger partial charge in [0.1, 0.15) is 6.54 Å². The van der Waals surface area contributed by atoms with E-state index in [0.717, 1.165) is 0 Å². The van der Waals surface area contributed by atoms with Crippen LogP contribution in [-0.2, 0) is 6.42 Å². The second-order valence-electron chi connectivity index (χ2n) is 5.16. The van der Waals surface area contributed by atoms with E-state index in [1.807, 2.05) is 0 Å².